The molecule has 0 bridgehead atoms. The van der Waals surface area contributed by atoms with E-state index in [2.05, 4.69) is 20.2 Å². The van der Waals surface area contributed by atoms with E-state index in [0.717, 1.165) is 24.3 Å². The number of nitrogens with one attached hydrogen (secondary N) is 1. The minimum absolute atomic E-state index is 0.0986. The zero-order chi connectivity index (χ0) is 28.2. The summed E-state index contributed by atoms with van der Waals surface area (Å²) in [4.78, 5) is 40.7. The Kier molecular flexibility index (Phi) is 8.27. The van der Waals surface area contributed by atoms with Crippen LogP contribution in [0.2, 0.25) is 0 Å². The number of alkyl halides is 3. The summed E-state index contributed by atoms with van der Waals surface area (Å²) < 4.78 is 69.1. The molecule has 0 radical (unpaired) electrons. The van der Waals surface area contributed by atoms with E-state index in [4.69, 9.17) is 4.84 Å². The Morgan fingerprint density at radius 1 is 1.05 bits per heavy atom. The third-order valence-corrected chi connectivity index (χ3v) is 6.11. The highest BCUT2D eigenvalue weighted by molar-refractivity contribution is 5.94. The average molecular weight is 550 g/mol. The van der Waals surface area contributed by atoms with Gasteiger partial charge in [-0.15, -0.1) is 13.2 Å². The number of nitrogens with zero attached hydrogens (tertiary/aromatic N) is 3. The molecule has 1 aromatic heterocycles. The molecule has 1 fully saturated rings. The highest BCUT2D eigenvalue weighted by atomic mass is 19.4. The molecule has 2 amide bonds. The van der Waals surface area contributed by atoms with Crippen molar-refractivity contribution in [3.63, 3.8) is 0 Å². The van der Waals surface area contributed by atoms with Gasteiger partial charge in [0.05, 0.1) is 17.7 Å². The quantitative estimate of drug-likeness (QED) is 0.341. The number of likely N-dealkylation sites (tertiary alicyclic amines) is 1. The molecule has 13 heteroatoms. The second kappa shape index (κ2) is 11.6. The predicted molar refractivity (Wildman–Crippen MR) is 127 cm³/mol. The Morgan fingerprint density at radius 2 is 1.69 bits per heavy atom. The van der Waals surface area contributed by atoms with Gasteiger partial charge in [0.25, 0.3) is 5.91 Å². The van der Waals surface area contributed by atoms with Gasteiger partial charge < -0.3 is 14.5 Å². The molecule has 0 aliphatic carbocycles. The first-order valence-corrected chi connectivity index (χ1v) is 11.9. The second-order valence-corrected chi connectivity index (χ2v) is 8.80. The van der Waals surface area contributed by atoms with E-state index in [1.54, 1.807) is 6.92 Å². The highest BCUT2D eigenvalue weighted by Crippen LogP contribution is 2.30. The average Bonchev–Trinajstić information content (AvgIpc) is 2.88. The number of aromatic nitrogens is 2. The van der Waals surface area contributed by atoms with Crippen molar-refractivity contribution in [2.24, 2.45) is 0 Å². The molecular weight excluding hydrogens is 527 g/mol. The molecule has 4 rings (SSSR count). The zero-order valence-electron chi connectivity index (χ0n) is 20.6. The van der Waals surface area contributed by atoms with Gasteiger partial charge >= 0.3 is 6.36 Å². The molecule has 0 atom stereocenters. The smallest absolute Gasteiger partial charge is 0.406 e. The summed E-state index contributed by atoms with van der Waals surface area (Å²) >= 11 is 0. The van der Waals surface area contributed by atoms with Crippen LogP contribution in [0.1, 0.15) is 46.2 Å². The molecule has 0 unspecified atom stereocenters. The Labute approximate surface area is 219 Å². The first kappa shape index (κ1) is 27.7. The Hall–Kier alpha value is -4.29. The second-order valence-electron chi connectivity index (χ2n) is 8.80. The van der Waals surface area contributed by atoms with Crippen LogP contribution in [0.15, 0.2) is 48.7 Å². The van der Waals surface area contributed by atoms with Crippen LogP contribution >= 0.6 is 0 Å². The van der Waals surface area contributed by atoms with Crippen molar-refractivity contribution in [2.75, 3.05) is 13.1 Å². The molecule has 1 aliphatic rings. The maximum absolute atomic E-state index is 14.0. The molecule has 206 valence electrons. The van der Waals surface area contributed by atoms with Gasteiger partial charge in [0, 0.05) is 36.8 Å². The molecule has 8 nitrogen and oxygen atoms in total. The van der Waals surface area contributed by atoms with Crippen LogP contribution < -0.4 is 15.1 Å². The fraction of sp³-hybridized carbons (Fsp3) is 0.308. The summed E-state index contributed by atoms with van der Waals surface area (Å²) in [5.74, 6) is -3.15. The van der Waals surface area contributed by atoms with E-state index >= 15 is 0 Å². The fourth-order valence-corrected chi connectivity index (χ4v) is 4.24. The normalized spacial score (nSPS) is 14.2. The molecule has 1 N–H and O–H groups in total. The van der Waals surface area contributed by atoms with Gasteiger partial charge in [-0.05, 0) is 44.0 Å². The standard InChI is InChI=1S/C26H23F5N4O4/c1-15-32-14-20(25(37)34-39-18-5-2-4-17(12-18)38-26(29,30)31)24(33-15)16-8-10-35(11-9-16)23(36)13-19-21(27)6-3-7-22(19)28/h2-7,12,14,16H,8-11,13H2,1H3,(H,34,37). The van der Waals surface area contributed by atoms with Crippen molar-refractivity contribution in [1.29, 1.82) is 0 Å². The van der Waals surface area contributed by atoms with Crippen molar-refractivity contribution >= 4 is 11.8 Å². The van der Waals surface area contributed by atoms with E-state index in [0.29, 0.717) is 24.4 Å². The number of hydrogen-bond acceptors (Lipinski definition) is 6. The topological polar surface area (TPSA) is 93.7 Å². The summed E-state index contributed by atoms with van der Waals surface area (Å²) in [6.45, 7) is 2.22. The number of piperidine rings is 1. The maximum atomic E-state index is 14.0. The molecule has 2 heterocycles. The molecule has 39 heavy (non-hydrogen) atoms. The summed E-state index contributed by atoms with van der Waals surface area (Å²) in [5.41, 5.74) is 2.41. The SMILES string of the molecule is Cc1ncc(C(=O)NOc2cccc(OC(F)(F)F)c2)c(C2CCN(C(=O)Cc3c(F)cccc3F)CC2)n1. The lowest BCUT2D eigenvalue weighted by Gasteiger charge is -2.32. The fourth-order valence-electron chi connectivity index (χ4n) is 4.24. The van der Waals surface area contributed by atoms with Crippen LogP contribution in [0.4, 0.5) is 22.0 Å². The molecule has 1 aliphatic heterocycles. The van der Waals surface area contributed by atoms with E-state index < -0.39 is 42.0 Å². The summed E-state index contributed by atoms with van der Waals surface area (Å²) in [7, 11) is 0. The number of benzene rings is 2. The molecule has 1 saturated heterocycles. The van der Waals surface area contributed by atoms with Crippen LogP contribution in [0.5, 0.6) is 11.5 Å². The van der Waals surface area contributed by atoms with Gasteiger partial charge in [-0.25, -0.2) is 18.7 Å². The van der Waals surface area contributed by atoms with E-state index in [1.165, 1.54) is 29.3 Å². The first-order chi connectivity index (χ1) is 18.5. The zero-order valence-corrected chi connectivity index (χ0v) is 20.6. The lowest BCUT2D eigenvalue weighted by Crippen LogP contribution is -2.39. The molecule has 0 spiro atoms. The monoisotopic (exact) mass is 550 g/mol. The number of aryl methyl sites for hydroxylation is 1. The van der Waals surface area contributed by atoms with Crippen LogP contribution in [-0.4, -0.2) is 46.1 Å². The van der Waals surface area contributed by atoms with Crippen LogP contribution in [0.3, 0.4) is 0 Å². The largest absolute Gasteiger partial charge is 0.573 e. The third kappa shape index (κ3) is 7.18. The lowest BCUT2D eigenvalue weighted by atomic mass is 9.90. The number of amides is 2. The molecular formula is C26H23F5N4O4. The summed E-state index contributed by atoms with van der Waals surface area (Å²) in [6, 6.07) is 8.05. The van der Waals surface area contributed by atoms with Gasteiger partial charge in [-0.1, -0.05) is 12.1 Å². The minimum Gasteiger partial charge on any atom is -0.406 e. The number of carbonyl (C=O) groups excluding carboxylic acids is 2. The summed E-state index contributed by atoms with van der Waals surface area (Å²) in [6.07, 6.45) is -3.11. The highest BCUT2D eigenvalue weighted by Gasteiger charge is 2.31. The molecule has 2 aromatic carbocycles. The molecule has 3 aromatic rings. The van der Waals surface area contributed by atoms with Crippen LogP contribution in [0, 0.1) is 18.6 Å². The van der Waals surface area contributed by atoms with Crippen molar-refractivity contribution in [2.45, 2.75) is 38.5 Å². The predicted octanol–water partition coefficient (Wildman–Crippen LogP) is 4.63. The number of halogens is 5. The van der Waals surface area contributed by atoms with Crippen LogP contribution in [-0.2, 0) is 11.2 Å². The van der Waals surface area contributed by atoms with Crippen LogP contribution in [0.25, 0.3) is 0 Å². The van der Waals surface area contributed by atoms with Crippen molar-refractivity contribution in [3.8, 4) is 11.5 Å². The van der Waals surface area contributed by atoms with E-state index in [1.807, 2.05) is 0 Å². The number of rotatable bonds is 7. The van der Waals surface area contributed by atoms with Crippen molar-refractivity contribution < 1.29 is 41.1 Å². The number of ether oxygens (including phenoxy) is 1. The Bertz CT molecular complexity index is 1340. The van der Waals surface area contributed by atoms with Crippen molar-refractivity contribution in [1.82, 2.24) is 20.3 Å². The maximum Gasteiger partial charge on any atom is 0.573 e. The van der Waals surface area contributed by atoms with Gasteiger partial charge in [-0.3, -0.25) is 9.59 Å². The Morgan fingerprint density at radius 3 is 2.36 bits per heavy atom. The van der Waals surface area contributed by atoms with E-state index in [-0.39, 0.29) is 35.9 Å². The van der Waals surface area contributed by atoms with Gasteiger partial charge in [0.2, 0.25) is 5.91 Å². The minimum atomic E-state index is -4.88. The lowest BCUT2D eigenvalue weighted by molar-refractivity contribution is -0.274. The summed E-state index contributed by atoms with van der Waals surface area (Å²) in [5, 5.41) is 0. The van der Waals surface area contributed by atoms with Gasteiger partial charge in [0.15, 0.2) is 5.75 Å². The Balaban J connectivity index is 1.40. The van der Waals surface area contributed by atoms with Gasteiger partial charge in [-0.2, -0.15) is 5.48 Å². The third-order valence-electron chi connectivity index (χ3n) is 6.11. The first-order valence-electron chi connectivity index (χ1n) is 11.9. The number of hydrogen-bond donors (Lipinski definition) is 1. The number of carbonyl (C=O) groups is 2. The van der Waals surface area contributed by atoms with E-state index in [9.17, 15) is 31.5 Å². The number of hydroxylamine groups is 1. The van der Waals surface area contributed by atoms with Crippen molar-refractivity contribution in [3.05, 3.63) is 82.9 Å². The molecule has 0 saturated carbocycles. The van der Waals surface area contributed by atoms with Gasteiger partial charge in [0.1, 0.15) is 23.2 Å².